The van der Waals surface area contributed by atoms with Crippen molar-refractivity contribution >= 4 is 17.7 Å². The van der Waals surface area contributed by atoms with Gasteiger partial charge in [0.15, 0.2) is 0 Å². The number of anilines is 1. The molecule has 2 aromatic rings. The molecule has 0 bridgehead atoms. The number of aliphatic carboxylic acids is 1. The highest BCUT2D eigenvalue weighted by Crippen LogP contribution is 2.16. The van der Waals surface area contributed by atoms with Crippen molar-refractivity contribution in [2.75, 3.05) is 11.4 Å². The van der Waals surface area contributed by atoms with Crippen LogP contribution in [-0.2, 0) is 4.79 Å². The molecule has 0 unspecified atom stereocenters. The second kappa shape index (κ2) is 6.85. The van der Waals surface area contributed by atoms with Crippen LogP contribution in [0.3, 0.4) is 0 Å². The van der Waals surface area contributed by atoms with E-state index in [1.54, 1.807) is 24.4 Å². The number of benzene rings is 1. The van der Waals surface area contributed by atoms with E-state index in [1.807, 2.05) is 32.0 Å². The Morgan fingerprint density at radius 2 is 1.68 bits per heavy atom. The predicted molar refractivity (Wildman–Crippen MR) is 84.1 cm³/mol. The van der Waals surface area contributed by atoms with Crippen LogP contribution in [0.4, 0.5) is 5.82 Å². The average Bonchev–Trinajstić information content (AvgIpc) is 2.49. The first kappa shape index (κ1) is 15.7. The van der Waals surface area contributed by atoms with Crippen molar-refractivity contribution in [3.8, 4) is 0 Å². The highest BCUT2D eigenvalue weighted by Gasteiger charge is 2.19. The normalized spacial score (nSPS) is 10.3. The summed E-state index contributed by atoms with van der Waals surface area (Å²) in [5, 5.41) is 8.88. The molecule has 114 valence electrons. The van der Waals surface area contributed by atoms with E-state index < -0.39 is 5.97 Å². The minimum Gasteiger partial charge on any atom is -0.481 e. The molecule has 2 rings (SSSR count). The number of aromatic nitrogens is 1. The van der Waals surface area contributed by atoms with Gasteiger partial charge in [-0.2, -0.15) is 0 Å². The zero-order chi connectivity index (χ0) is 16.1. The van der Waals surface area contributed by atoms with Crippen molar-refractivity contribution in [2.45, 2.75) is 20.3 Å². The van der Waals surface area contributed by atoms with Gasteiger partial charge in [0, 0.05) is 18.3 Å². The van der Waals surface area contributed by atoms with Crippen molar-refractivity contribution in [2.24, 2.45) is 0 Å². The molecule has 1 heterocycles. The first-order chi connectivity index (χ1) is 10.5. The van der Waals surface area contributed by atoms with Gasteiger partial charge < -0.3 is 5.11 Å². The van der Waals surface area contributed by atoms with E-state index >= 15 is 0 Å². The van der Waals surface area contributed by atoms with Crippen LogP contribution < -0.4 is 4.90 Å². The van der Waals surface area contributed by atoms with Gasteiger partial charge in [0.2, 0.25) is 0 Å². The number of hydrogen-bond acceptors (Lipinski definition) is 3. The molecule has 1 N–H and O–H groups in total. The van der Waals surface area contributed by atoms with E-state index in [9.17, 15) is 9.59 Å². The lowest BCUT2D eigenvalue weighted by Crippen LogP contribution is -2.33. The smallest absolute Gasteiger partial charge is 0.305 e. The number of carbonyl (C=O) groups excluding carboxylic acids is 1. The second-order valence-corrected chi connectivity index (χ2v) is 5.16. The fourth-order valence-corrected chi connectivity index (χ4v) is 2.00. The van der Waals surface area contributed by atoms with Gasteiger partial charge in [0.05, 0.1) is 6.42 Å². The van der Waals surface area contributed by atoms with Gasteiger partial charge in [-0.15, -0.1) is 0 Å². The van der Waals surface area contributed by atoms with Crippen LogP contribution >= 0.6 is 0 Å². The van der Waals surface area contributed by atoms with Crippen LogP contribution in [0.2, 0.25) is 0 Å². The maximum absolute atomic E-state index is 12.6. The van der Waals surface area contributed by atoms with Crippen LogP contribution in [0.1, 0.15) is 27.9 Å². The standard InChI is InChI=1S/C17H18N2O3/c1-12-3-6-14(7-4-12)17(22)19(10-9-16(20)21)15-8-5-13(2)11-18-15/h3-8,11H,9-10H2,1-2H3,(H,20,21). The fourth-order valence-electron chi connectivity index (χ4n) is 2.00. The maximum Gasteiger partial charge on any atom is 0.305 e. The van der Waals surface area contributed by atoms with E-state index in [0.717, 1.165) is 11.1 Å². The average molecular weight is 298 g/mol. The van der Waals surface area contributed by atoms with Crippen LogP contribution in [0.15, 0.2) is 42.6 Å². The Balaban J connectivity index is 2.30. The molecule has 0 saturated carbocycles. The molecule has 1 aromatic heterocycles. The molecular formula is C17H18N2O3. The molecular weight excluding hydrogens is 280 g/mol. The summed E-state index contributed by atoms with van der Waals surface area (Å²) in [6.45, 7) is 3.93. The Morgan fingerprint density at radius 3 is 2.23 bits per heavy atom. The molecule has 0 saturated heterocycles. The molecule has 22 heavy (non-hydrogen) atoms. The highest BCUT2D eigenvalue weighted by molar-refractivity contribution is 6.05. The summed E-state index contributed by atoms with van der Waals surface area (Å²) in [6.07, 6.45) is 1.53. The zero-order valence-corrected chi connectivity index (χ0v) is 12.6. The number of hydrogen-bond donors (Lipinski definition) is 1. The Hall–Kier alpha value is -2.69. The third-order valence-corrected chi connectivity index (χ3v) is 3.27. The lowest BCUT2D eigenvalue weighted by molar-refractivity contribution is -0.136. The molecule has 0 aliphatic carbocycles. The van der Waals surface area contributed by atoms with Crippen LogP contribution in [0, 0.1) is 13.8 Å². The summed E-state index contributed by atoms with van der Waals surface area (Å²) in [4.78, 5) is 29.1. The summed E-state index contributed by atoms with van der Waals surface area (Å²) < 4.78 is 0. The van der Waals surface area contributed by atoms with E-state index in [2.05, 4.69) is 4.98 Å². The lowest BCUT2D eigenvalue weighted by Gasteiger charge is -2.21. The number of carboxylic acids is 1. The molecule has 0 aliphatic heterocycles. The van der Waals surface area contributed by atoms with Crippen LogP contribution in [0.25, 0.3) is 0 Å². The van der Waals surface area contributed by atoms with Gasteiger partial charge in [0.1, 0.15) is 5.82 Å². The van der Waals surface area contributed by atoms with Gasteiger partial charge in [-0.25, -0.2) is 4.98 Å². The number of pyridine rings is 1. The molecule has 0 spiro atoms. The van der Waals surface area contributed by atoms with Crippen molar-refractivity contribution in [3.05, 3.63) is 59.3 Å². The van der Waals surface area contributed by atoms with Gasteiger partial charge in [-0.05, 0) is 37.6 Å². The maximum atomic E-state index is 12.6. The SMILES string of the molecule is Cc1ccc(C(=O)N(CCC(=O)O)c2ccc(C)cn2)cc1. The molecule has 5 nitrogen and oxygen atoms in total. The van der Waals surface area contributed by atoms with Crippen LogP contribution in [-0.4, -0.2) is 28.5 Å². The number of amides is 1. The minimum atomic E-state index is -0.950. The Kier molecular flexibility index (Phi) is 4.88. The molecule has 0 radical (unpaired) electrons. The Labute approximate surface area is 129 Å². The third kappa shape index (κ3) is 3.91. The summed E-state index contributed by atoms with van der Waals surface area (Å²) in [5.74, 6) is -0.746. The Bertz CT molecular complexity index is 663. The summed E-state index contributed by atoms with van der Waals surface area (Å²) in [6, 6.07) is 10.7. The molecule has 0 atom stereocenters. The molecule has 0 aliphatic rings. The number of carboxylic acid groups (broad SMARTS) is 1. The van der Waals surface area contributed by atoms with Gasteiger partial charge in [-0.3, -0.25) is 14.5 Å². The monoisotopic (exact) mass is 298 g/mol. The number of carbonyl (C=O) groups is 2. The van der Waals surface area contributed by atoms with Gasteiger partial charge in [-0.1, -0.05) is 23.8 Å². The topological polar surface area (TPSA) is 70.5 Å². The lowest BCUT2D eigenvalue weighted by atomic mass is 10.1. The van der Waals surface area contributed by atoms with E-state index in [-0.39, 0.29) is 18.9 Å². The third-order valence-electron chi connectivity index (χ3n) is 3.27. The first-order valence-corrected chi connectivity index (χ1v) is 7.00. The summed E-state index contributed by atoms with van der Waals surface area (Å²) in [5.41, 5.74) is 2.55. The van der Waals surface area contributed by atoms with Crippen molar-refractivity contribution in [1.29, 1.82) is 0 Å². The molecule has 1 amide bonds. The molecule has 0 fully saturated rings. The fraction of sp³-hybridized carbons (Fsp3) is 0.235. The van der Waals surface area contributed by atoms with Crippen LogP contribution in [0.5, 0.6) is 0 Å². The van der Waals surface area contributed by atoms with E-state index in [4.69, 9.17) is 5.11 Å². The quantitative estimate of drug-likeness (QED) is 0.921. The van der Waals surface area contributed by atoms with Gasteiger partial charge in [0.25, 0.3) is 5.91 Å². The number of nitrogens with zero attached hydrogens (tertiary/aromatic N) is 2. The highest BCUT2D eigenvalue weighted by atomic mass is 16.4. The van der Waals surface area contributed by atoms with Crippen molar-refractivity contribution < 1.29 is 14.7 Å². The molecule has 5 heteroatoms. The number of aryl methyl sites for hydroxylation is 2. The van der Waals surface area contributed by atoms with E-state index in [0.29, 0.717) is 11.4 Å². The first-order valence-electron chi connectivity index (χ1n) is 7.00. The Morgan fingerprint density at radius 1 is 1.05 bits per heavy atom. The molecule has 1 aromatic carbocycles. The minimum absolute atomic E-state index is 0.0815. The predicted octanol–water partition coefficient (Wildman–Crippen LogP) is 2.82. The number of rotatable bonds is 5. The van der Waals surface area contributed by atoms with Crippen molar-refractivity contribution in [3.63, 3.8) is 0 Å². The largest absolute Gasteiger partial charge is 0.481 e. The summed E-state index contributed by atoms with van der Waals surface area (Å²) in [7, 11) is 0. The van der Waals surface area contributed by atoms with Gasteiger partial charge >= 0.3 is 5.97 Å². The second-order valence-electron chi connectivity index (χ2n) is 5.16. The van der Waals surface area contributed by atoms with Crippen molar-refractivity contribution in [1.82, 2.24) is 4.98 Å². The summed E-state index contributed by atoms with van der Waals surface area (Å²) >= 11 is 0. The zero-order valence-electron chi connectivity index (χ0n) is 12.6. The van der Waals surface area contributed by atoms with E-state index in [1.165, 1.54) is 4.90 Å².